The van der Waals surface area contributed by atoms with Gasteiger partial charge in [0.2, 0.25) is 5.91 Å². The van der Waals surface area contributed by atoms with Gasteiger partial charge >= 0.3 is 5.97 Å². The highest BCUT2D eigenvalue weighted by atomic mass is 16.4. The van der Waals surface area contributed by atoms with E-state index in [-0.39, 0.29) is 17.7 Å². The molecule has 0 aromatic rings. The van der Waals surface area contributed by atoms with Crippen molar-refractivity contribution in [3.05, 3.63) is 0 Å². The van der Waals surface area contributed by atoms with Gasteiger partial charge in [0.05, 0.1) is 5.92 Å². The minimum absolute atomic E-state index is 0.166. The van der Waals surface area contributed by atoms with Crippen LogP contribution in [0.3, 0.4) is 0 Å². The summed E-state index contributed by atoms with van der Waals surface area (Å²) < 4.78 is 0. The number of likely N-dealkylation sites (tertiary alicyclic amines) is 1. The van der Waals surface area contributed by atoms with E-state index in [9.17, 15) is 14.7 Å². The molecule has 124 valence electrons. The highest BCUT2D eigenvalue weighted by Gasteiger charge is 2.42. The first-order chi connectivity index (χ1) is 10.6. The topological polar surface area (TPSA) is 57.6 Å². The van der Waals surface area contributed by atoms with Crippen molar-refractivity contribution in [3.8, 4) is 0 Å². The Morgan fingerprint density at radius 3 is 2.50 bits per heavy atom. The molecule has 5 atom stereocenters. The zero-order valence-corrected chi connectivity index (χ0v) is 13.7. The van der Waals surface area contributed by atoms with Crippen LogP contribution in [0.2, 0.25) is 0 Å². The van der Waals surface area contributed by atoms with E-state index in [1.165, 1.54) is 38.5 Å². The molecular weight excluding hydrogens is 278 g/mol. The molecule has 0 radical (unpaired) electrons. The number of rotatable bonds is 2. The number of carbonyl (C=O) groups excluding carboxylic acids is 1. The lowest BCUT2D eigenvalue weighted by Gasteiger charge is -2.44. The molecule has 4 heteroatoms. The first-order valence-electron chi connectivity index (χ1n) is 9.08. The Hall–Kier alpha value is -1.06. The summed E-state index contributed by atoms with van der Waals surface area (Å²) in [5.74, 6) is 0.907. The standard InChI is InChI=1S/C18H29NO3/c1-12-9-14(18(21)22)11-19(10-12)17(20)16-8-4-6-13-5-2-3-7-15(13)16/h12-16H,2-11H2,1H3,(H,21,22). The molecule has 2 saturated carbocycles. The number of carboxylic acid groups (broad SMARTS) is 1. The maximum atomic E-state index is 13.1. The molecule has 0 aromatic carbocycles. The summed E-state index contributed by atoms with van der Waals surface area (Å²) in [4.78, 5) is 26.3. The van der Waals surface area contributed by atoms with Gasteiger partial charge in [0, 0.05) is 19.0 Å². The van der Waals surface area contributed by atoms with Crippen LogP contribution in [-0.2, 0) is 9.59 Å². The van der Waals surface area contributed by atoms with Crippen molar-refractivity contribution in [2.75, 3.05) is 13.1 Å². The Balaban J connectivity index is 1.70. The minimum Gasteiger partial charge on any atom is -0.481 e. The van der Waals surface area contributed by atoms with E-state index in [1.807, 2.05) is 4.90 Å². The molecule has 0 spiro atoms. The van der Waals surface area contributed by atoms with Gasteiger partial charge in [-0.05, 0) is 37.0 Å². The molecule has 4 nitrogen and oxygen atoms in total. The van der Waals surface area contributed by atoms with Crippen molar-refractivity contribution in [1.29, 1.82) is 0 Å². The molecule has 1 saturated heterocycles. The van der Waals surface area contributed by atoms with Crippen LogP contribution in [0.25, 0.3) is 0 Å². The first-order valence-corrected chi connectivity index (χ1v) is 9.08. The predicted octanol–water partition coefficient (Wildman–Crippen LogP) is 3.16. The third-order valence-corrected chi connectivity index (χ3v) is 6.21. The second-order valence-electron chi connectivity index (χ2n) is 7.87. The number of carboxylic acids is 1. The largest absolute Gasteiger partial charge is 0.481 e. The molecule has 1 amide bonds. The number of piperidine rings is 1. The summed E-state index contributed by atoms with van der Waals surface area (Å²) in [6.07, 6.45) is 9.27. The molecule has 3 aliphatic rings. The molecule has 5 unspecified atom stereocenters. The van der Waals surface area contributed by atoms with Crippen molar-refractivity contribution >= 4 is 11.9 Å². The summed E-state index contributed by atoms with van der Waals surface area (Å²) in [7, 11) is 0. The van der Waals surface area contributed by atoms with Crippen molar-refractivity contribution in [2.24, 2.45) is 29.6 Å². The van der Waals surface area contributed by atoms with E-state index >= 15 is 0 Å². The fraction of sp³-hybridized carbons (Fsp3) is 0.889. The van der Waals surface area contributed by atoms with Gasteiger partial charge in [-0.1, -0.05) is 39.0 Å². The van der Waals surface area contributed by atoms with E-state index in [0.29, 0.717) is 24.8 Å². The molecule has 0 aromatic heterocycles. The van der Waals surface area contributed by atoms with Crippen LogP contribution in [0.5, 0.6) is 0 Å². The van der Waals surface area contributed by atoms with E-state index in [4.69, 9.17) is 0 Å². The third-order valence-electron chi connectivity index (χ3n) is 6.21. The average molecular weight is 307 g/mol. The van der Waals surface area contributed by atoms with Crippen molar-refractivity contribution in [2.45, 2.75) is 58.3 Å². The van der Waals surface area contributed by atoms with E-state index in [0.717, 1.165) is 18.9 Å². The molecule has 3 fully saturated rings. The Kier molecular flexibility index (Phi) is 4.74. The molecule has 1 aliphatic heterocycles. The number of aliphatic carboxylic acids is 1. The summed E-state index contributed by atoms with van der Waals surface area (Å²) >= 11 is 0. The van der Waals surface area contributed by atoms with Gasteiger partial charge in [0.1, 0.15) is 0 Å². The van der Waals surface area contributed by atoms with Crippen LogP contribution in [-0.4, -0.2) is 35.0 Å². The number of fused-ring (bicyclic) bond motifs is 1. The van der Waals surface area contributed by atoms with Crippen LogP contribution >= 0.6 is 0 Å². The smallest absolute Gasteiger partial charge is 0.308 e. The minimum atomic E-state index is -0.747. The Labute approximate surface area is 133 Å². The Bertz CT molecular complexity index is 434. The van der Waals surface area contributed by atoms with Crippen molar-refractivity contribution < 1.29 is 14.7 Å². The average Bonchev–Trinajstić information content (AvgIpc) is 2.53. The lowest BCUT2D eigenvalue weighted by molar-refractivity contribution is -0.150. The quantitative estimate of drug-likeness (QED) is 0.852. The summed E-state index contributed by atoms with van der Waals surface area (Å²) in [6.45, 7) is 3.24. The summed E-state index contributed by atoms with van der Waals surface area (Å²) in [6, 6.07) is 0. The SMILES string of the molecule is CC1CC(C(=O)O)CN(C(=O)C2CCCC3CCCCC32)C1. The predicted molar refractivity (Wildman–Crippen MR) is 84.3 cm³/mol. The summed E-state index contributed by atoms with van der Waals surface area (Å²) in [5.41, 5.74) is 0. The molecular formula is C18H29NO3. The monoisotopic (exact) mass is 307 g/mol. The molecule has 22 heavy (non-hydrogen) atoms. The number of hydrogen-bond donors (Lipinski definition) is 1. The van der Waals surface area contributed by atoms with Gasteiger partial charge in [-0.3, -0.25) is 9.59 Å². The van der Waals surface area contributed by atoms with E-state index in [2.05, 4.69) is 6.92 Å². The maximum Gasteiger partial charge on any atom is 0.308 e. The molecule has 1 N–H and O–H groups in total. The number of amides is 1. The summed E-state index contributed by atoms with van der Waals surface area (Å²) in [5, 5.41) is 9.32. The van der Waals surface area contributed by atoms with Crippen LogP contribution in [0.1, 0.15) is 58.3 Å². The van der Waals surface area contributed by atoms with E-state index in [1.54, 1.807) is 0 Å². The molecule has 0 bridgehead atoms. The van der Waals surface area contributed by atoms with Crippen LogP contribution < -0.4 is 0 Å². The van der Waals surface area contributed by atoms with Gasteiger partial charge in [-0.15, -0.1) is 0 Å². The first kappa shape index (κ1) is 15.8. The van der Waals surface area contributed by atoms with Crippen molar-refractivity contribution in [1.82, 2.24) is 4.90 Å². The highest BCUT2D eigenvalue weighted by Crippen LogP contribution is 2.44. The number of nitrogens with zero attached hydrogens (tertiary/aromatic N) is 1. The van der Waals surface area contributed by atoms with E-state index < -0.39 is 5.97 Å². The van der Waals surface area contributed by atoms with Crippen molar-refractivity contribution in [3.63, 3.8) is 0 Å². The van der Waals surface area contributed by atoms with Crippen LogP contribution in [0, 0.1) is 29.6 Å². The zero-order valence-electron chi connectivity index (χ0n) is 13.7. The zero-order chi connectivity index (χ0) is 15.7. The second kappa shape index (κ2) is 6.59. The maximum absolute atomic E-state index is 13.1. The molecule has 2 aliphatic carbocycles. The number of hydrogen-bond acceptors (Lipinski definition) is 2. The van der Waals surface area contributed by atoms with Gasteiger partial charge < -0.3 is 10.0 Å². The number of carbonyl (C=O) groups is 2. The fourth-order valence-electron chi connectivity index (χ4n) is 5.19. The third kappa shape index (κ3) is 3.16. The van der Waals surface area contributed by atoms with Crippen LogP contribution in [0.4, 0.5) is 0 Å². The van der Waals surface area contributed by atoms with Crippen LogP contribution in [0.15, 0.2) is 0 Å². The molecule has 1 heterocycles. The van der Waals surface area contributed by atoms with Gasteiger partial charge in [0.15, 0.2) is 0 Å². The normalized spacial score (nSPS) is 39.1. The van der Waals surface area contributed by atoms with Gasteiger partial charge in [0.25, 0.3) is 0 Å². The molecule has 3 rings (SSSR count). The second-order valence-corrected chi connectivity index (χ2v) is 7.87. The fourth-order valence-corrected chi connectivity index (χ4v) is 5.19. The Morgan fingerprint density at radius 1 is 1.00 bits per heavy atom. The van der Waals surface area contributed by atoms with Gasteiger partial charge in [-0.2, -0.15) is 0 Å². The lowest BCUT2D eigenvalue weighted by atomic mass is 9.65. The van der Waals surface area contributed by atoms with Gasteiger partial charge in [-0.25, -0.2) is 0 Å². The lowest BCUT2D eigenvalue weighted by Crippen LogP contribution is -2.50. The highest BCUT2D eigenvalue weighted by molar-refractivity contribution is 5.80. The Morgan fingerprint density at radius 2 is 1.73 bits per heavy atom.